The van der Waals surface area contributed by atoms with E-state index in [9.17, 15) is 0 Å². The van der Waals surface area contributed by atoms with Gasteiger partial charge in [-0.3, -0.25) is 0 Å². The Morgan fingerprint density at radius 2 is 1.67 bits per heavy atom. The predicted molar refractivity (Wildman–Crippen MR) is 91.4 cm³/mol. The summed E-state index contributed by atoms with van der Waals surface area (Å²) in [5.74, 6) is 2.73. The van der Waals surface area contributed by atoms with E-state index in [2.05, 4.69) is 35.9 Å². The number of imidazole rings is 1. The summed E-state index contributed by atoms with van der Waals surface area (Å²) >= 11 is 0. The first-order valence-corrected chi connectivity index (χ1v) is 8.49. The molecule has 0 N–H and O–H groups in total. The maximum Gasteiger partial charge on any atom is 0.153 e. The van der Waals surface area contributed by atoms with Crippen molar-refractivity contribution in [2.24, 2.45) is 0 Å². The van der Waals surface area contributed by atoms with Crippen LogP contribution >= 0.6 is 0 Å². The van der Waals surface area contributed by atoms with Crippen LogP contribution in [0.5, 0.6) is 0 Å². The number of hydrogen-bond acceptors (Lipinski definition) is 6. The van der Waals surface area contributed by atoms with Crippen LogP contribution in [0.2, 0.25) is 0 Å². The number of piperazine rings is 1. The first-order chi connectivity index (χ1) is 11.9. The van der Waals surface area contributed by atoms with E-state index in [0.717, 1.165) is 43.5 Å². The summed E-state index contributed by atoms with van der Waals surface area (Å²) in [5, 5.41) is 4.64. The van der Waals surface area contributed by atoms with E-state index >= 15 is 0 Å². The molecule has 0 atom stereocenters. The van der Waals surface area contributed by atoms with Gasteiger partial charge in [-0.15, -0.1) is 5.10 Å². The van der Waals surface area contributed by atoms with Crippen molar-refractivity contribution in [3.05, 3.63) is 42.6 Å². The van der Waals surface area contributed by atoms with E-state index in [4.69, 9.17) is 0 Å². The van der Waals surface area contributed by atoms with Gasteiger partial charge in [-0.05, 0) is 25.0 Å². The van der Waals surface area contributed by atoms with Crippen molar-refractivity contribution in [3.63, 3.8) is 0 Å². The Kier molecular flexibility index (Phi) is 3.11. The van der Waals surface area contributed by atoms with Crippen molar-refractivity contribution in [1.82, 2.24) is 24.6 Å². The summed E-state index contributed by atoms with van der Waals surface area (Å²) in [5.41, 5.74) is 2.08. The number of hydrogen-bond donors (Lipinski definition) is 0. The SMILES string of the molecule is c1nc(C2CC2)cc(N2CCN(c3ccc4nccn4n3)CC2)n1. The lowest BCUT2D eigenvalue weighted by atomic mass is 10.2. The first kappa shape index (κ1) is 13.7. The quantitative estimate of drug-likeness (QED) is 0.732. The van der Waals surface area contributed by atoms with Gasteiger partial charge < -0.3 is 9.80 Å². The van der Waals surface area contributed by atoms with Crippen LogP contribution in [0.4, 0.5) is 11.6 Å². The van der Waals surface area contributed by atoms with E-state index in [-0.39, 0.29) is 0 Å². The van der Waals surface area contributed by atoms with E-state index in [1.54, 1.807) is 12.5 Å². The third kappa shape index (κ3) is 2.46. The second kappa shape index (κ2) is 5.43. The molecule has 24 heavy (non-hydrogen) atoms. The monoisotopic (exact) mass is 321 g/mol. The molecule has 3 aromatic heterocycles. The highest BCUT2D eigenvalue weighted by Crippen LogP contribution is 2.39. The molecule has 1 aliphatic heterocycles. The van der Waals surface area contributed by atoms with Gasteiger partial charge >= 0.3 is 0 Å². The molecule has 1 aliphatic carbocycles. The molecule has 7 heteroatoms. The molecule has 1 saturated heterocycles. The van der Waals surface area contributed by atoms with Gasteiger partial charge in [0.15, 0.2) is 5.65 Å². The topological polar surface area (TPSA) is 62.5 Å². The molecule has 1 saturated carbocycles. The van der Waals surface area contributed by atoms with Crippen LogP contribution < -0.4 is 9.80 Å². The van der Waals surface area contributed by atoms with Crippen LogP contribution in [0, 0.1) is 0 Å². The van der Waals surface area contributed by atoms with Crippen molar-refractivity contribution in [1.29, 1.82) is 0 Å². The van der Waals surface area contributed by atoms with Crippen LogP contribution in [-0.2, 0) is 0 Å². The highest BCUT2D eigenvalue weighted by Gasteiger charge is 2.26. The van der Waals surface area contributed by atoms with Gasteiger partial charge in [-0.2, -0.15) is 0 Å². The van der Waals surface area contributed by atoms with E-state index in [1.165, 1.54) is 18.5 Å². The lowest BCUT2D eigenvalue weighted by Gasteiger charge is -2.36. The Hall–Kier alpha value is -2.70. The Balaban J connectivity index is 1.30. The second-order valence-corrected chi connectivity index (χ2v) is 6.47. The van der Waals surface area contributed by atoms with Crippen LogP contribution in [0.15, 0.2) is 36.9 Å². The fourth-order valence-electron chi connectivity index (χ4n) is 3.28. The Morgan fingerprint density at radius 1 is 0.875 bits per heavy atom. The zero-order valence-corrected chi connectivity index (χ0v) is 13.4. The van der Waals surface area contributed by atoms with Crippen LogP contribution in [0.3, 0.4) is 0 Å². The van der Waals surface area contributed by atoms with Gasteiger partial charge in [0.1, 0.15) is 18.0 Å². The van der Waals surface area contributed by atoms with Crippen molar-refractivity contribution in [2.45, 2.75) is 18.8 Å². The number of anilines is 2. The van der Waals surface area contributed by atoms with E-state index < -0.39 is 0 Å². The largest absolute Gasteiger partial charge is 0.353 e. The summed E-state index contributed by atoms with van der Waals surface area (Å²) in [6.07, 6.45) is 7.91. The average molecular weight is 321 g/mol. The second-order valence-electron chi connectivity index (χ2n) is 6.47. The predicted octanol–water partition coefficient (Wildman–Crippen LogP) is 1.72. The molecule has 0 aromatic carbocycles. The molecular formula is C17H19N7. The molecule has 0 radical (unpaired) electrons. The number of fused-ring (bicyclic) bond motifs is 1. The van der Waals surface area contributed by atoms with E-state index in [0.29, 0.717) is 5.92 Å². The minimum atomic E-state index is 0.666. The molecule has 7 nitrogen and oxygen atoms in total. The summed E-state index contributed by atoms with van der Waals surface area (Å²) in [6, 6.07) is 6.23. The fraction of sp³-hybridized carbons (Fsp3) is 0.412. The fourth-order valence-corrected chi connectivity index (χ4v) is 3.28. The van der Waals surface area contributed by atoms with Gasteiger partial charge in [0, 0.05) is 56.3 Å². The van der Waals surface area contributed by atoms with Crippen LogP contribution in [0.1, 0.15) is 24.5 Å². The first-order valence-electron chi connectivity index (χ1n) is 8.49. The molecule has 4 heterocycles. The van der Waals surface area contributed by atoms with Gasteiger partial charge in [0.05, 0.1) is 0 Å². The molecule has 2 fully saturated rings. The Morgan fingerprint density at radius 3 is 2.46 bits per heavy atom. The molecule has 0 unspecified atom stereocenters. The molecule has 0 spiro atoms. The molecule has 5 rings (SSSR count). The smallest absolute Gasteiger partial charge is 0.153 e. The average Bonchev–Trinajstić information content (AvgIpc) is 3.39. The molecule has 3 aromatic rings. The standard InChI is InChI=1S/C17H19N7/c1-2-13(1)14-11-17(20-12-19-14)23-9-7-22(8-10-23)16-4-3-15-18-5-6-24(15)21-16/h3-6,11-13H,1-2,7-10H2. The van der Waals surface area contributed by atoms with Gasteiger partial charge in [0.25, 0.3) is 0 Å². The molecule has 0 bridgehead atoms. The van der Waals surface area contributed by atoms with Crippen molar-refractivity contribution in [3.8, 4) is 0 Å². The molecular weight excluding hydrogens is 302 g/mol. The summed E-state index contributed by atoms with van der Waals surface area (Å²) in [6.45, 7) is 3.78. The summed E-state index contributed by atoms with van der Waals surface area (Å²) in [4.78, 5) is 17.8. The van der Waals surface area contributed by atoms with Crippen molar-refractivity contribution in [2.75, 3.05) is 36.0 Å². The summed E-state index contributed by atoms with van der Waals surface area (Å²) in [7, 11) is 0. The van der Waals surface area contributed by atoms with E-state index in [1.807, 2.05) is 22.8 Å². The van der Waals surface area contributed by atoms with Gasteiger partial charge in [0.2, 0.25) is 0 Å². The van der Waals surface area contributed by atoms with Gasteiger partial charge in [-0.1, -0.05) is 0 Å². The molecule has 122 valence electrons. The minimum absolute atomic E-state index is 0.666. The number of aromatic nitrogens is 5. The summed E-state index contributed by atoms with van der Waals surface area (Å²) < 4.78 is 1.83. The van der Waals surface area contributed by atoms with Crippen molar-refractivity contribution < 1.29 is 0 Å². The Bertz CT molecular complexity index is 862. The maximum absolute atomic E-state index is 4.64. The highest BCUT2D eigenvalue weighted by molar-refractivity contribution is 5.48. The lowest BCUT2D eigenvalue weighted by molar-refractivity contribution is 0.635. The van der Waals surface area contributed by atoms with Crippen molar-refractivity contribution >= 4 is 17.3 Å². The van der Waals surface area contributed by atoms with Crippen LogP contribution in [-0.4, -0.2) is 50.7 Å². The maximum atomic E-state index is 4.64. The van der Waals surface area contributed by atoms with Crippen LogP contribution in [0.25, 0.3) is 5.65 Å². The minimum Gasteiger partial charge on any atom is -0.353 e. The molecule has 2 aliphatic rings. The third-order valence-corrected chi connectivity index (χ3v) is 4.84. The number of nitrogens with zero attached hydrogens (tertiary/aromatic N) is 7. The third-order valence-electron chi connectivity index (χ3n) is 4.84. The zero-order chi connectivity index (χ0) is 15.9. The van der Waals surface area contributed by atoms with Gasteiger partial charge in [-0.25, -0.2) is 19.5 Å². The lowest BCUT2D eigenvalue weighted by Crippen LogP contribution is -2.47. The zero-order valence-electron chi connectivity index (χ0n) is 13.4. The normalized spacial score (nSPS) is 18.3. The molecule has 0 amide bonds. The number of rotatable bonds is 3. The highest BCUT2D eigenvalue weighted by atomic mass is 15.4. The Labute approximate surface area is 140 Å².